The van der Waals surface area contributed by atoms with E-state index in [2.05, 4.69) is 15.9 Å². The van der Waals surface area contributed by atoms with Crippen LogP contribution in [0.25, 0.3) is 0 Å². The van der Waals surface area contributed by atoms with Gasteiger partial charge in [-0.15, -0.1) is 0 Å². The Kier molecular flexibility index (Phi) is 3.85. The molecule has 0 aliphatic heterocycles. The van der Waals surface area contributed by atoms with Gasteiger partial charge in [0.2, 0.25) is 0 Å². The monoisotopic (exact) mass is 312 g/mol. The number of hydrogen-bond acceptors (Lipinski definition) is 0. The summed E-state index contributed by atoms with van der Waals surface area (Å²) in [5.41, 5.74) is 3.27. The average Bonchev–Trinajstić information content (AvgIpc) is 2.32. The van der Waals surface area contributed by atoms with Gasteiger partial charge in [0.15, 0.2) is 0 Å². The molecule has 0 radical (unpaired) electrons. The summed E-state index contributed by atoms with van der Waals surface area (Å²) in [4.78, 5) is 0.0294. The molecule has 0 aliphatic carbocycles. The minimum Gasteiger partial charge on any atom is -0.207 e. The Bertz CT molecular complexity index is 522. The zero-order chi connectivity index (χ0) is 12.4. The van der Waals surface area contributed by atoms with E-state index in [0.29, 0.717) is 5.02 Å². The third kappa shape index (κ3) is 2.88. The summed E-state index contributed by atoms with van der Waals surface area (Å²) in [5, 5.41) is 0.706. The summed E-state index contributed by atoms with van der Waals surface area (Å²) < 4.78 is 12.9. The van der Waals surface area contributed by atoms with Crippen LogP contribution in [0.5, 0.6) is 0 Å². The largest absolute Gasteiger partial charge is 0.207 e. The third-order valence-corrected chi connectivity index (χ3v) is 3.93. The van der Waals surface area contributed by atoms with E-state index in [0.717, 1.165) is 16.7 Å². The second kappa shape index (κ2) is 5.19. The van der Waals surface area contributed by atoms with Crippen molar-refractivity contribution in [3.63, 3.8) is 0 Å². The third-order valence-electron chi connectivity index (χ3n) is 2.68. The lowest BCUT2D eigenvalue weighted by Gasteiger charge is -2.14. The van der Waals surface area contributed by atoms with E-state index in [-0.39, 0.29) is 10.6 Å². The van der Waals surface area contributed by atoms with E-state index in [4.69, 9.17) is 11.6 Å². The zero-order valence-electron chi connectivity index (χ0n) is 9.25. The molecule has 0 aromatic heterocycles. The highest BCUT2D eigenvalue weighted by Crippen LogP contribution is 2.34. The first kappa shape index (κ1) is 12.6. The Labute approximate surface area is 114 Å². The van der Waals surface area contributed by atoms with Crippen LogP contribution in [-0.4, -0.2) is 0 Å². The van der Waals surface area contributed by atoms with Gasteiger partial charge in [-0.25, -0.2) is 4.39 Å². The van der Waals surface area contributed by atoms with E-state index >= 15 is 0 Å². The molecule has 0 saturated carbocycles. The predicted molar refractivity (Wildman–Crippen MR) is 73.4 cm³/mol. The van der Waals surface area contributed by atoms with Gasteiger partial charge in [-0.2, -0.15) is 0 Å². The lowest BCUT2D eigenvalue weighted by Crippen LogP contribution is -1.96. The molecule has 2 aromatic rings. The summed E-state index contributed by atoms with van der Waals surface area (Å²) in [5.74, 6) is -0.226. The Morgan fingerprint density at radius 3 is 2.41 bits per heavy atom. The minimum absolute atomic E-state index is 0.0294. The first-order valence-corrected chi connectivity index (χ1v) is 6.53. The molecule has 0 nitrogen and oxygen atoms in total. The van der Waals surface area contributed by atoms with Crippen molar-refractivity contribution in [3.8, 4) is 0 Å². The highest BCUT2D eigenvalue weighted by atomic mass is 79.9. The van der Waals surface area contributed by atoms with Crippen LogP contribution >= 0.6 is 27.5 Å². The summed E-state index contributed by atoms with van der Waals surface area (Å²) in [6, 6.07) is 12.2. The van der Waals surface area contributed by atoms with E-state index in [1.54, 1.807) is 12.1 Å². The quantitative estimate of drug-likeness (QED) is 0.662. The molecule has 0 N–H and O–H groups in total. The number of rotatable bonds is 2. The lowest BCUT2D eigenvalue weighted by atomic mass is 10.0. The van der Waals surface area contributed by atoms with Gasteiger partial charge in [0, 0.05) is 5.02 Å². The lowest BCUT2D eigenvalue weighted by molar-refractivity contribution is 0.627. The van der Waals surface area contributed by atoms with Gasteiger partial charge in [0.25, 0.3) is 0 Å². The fourth-order valence-electron chi connectivity index (χ4n) is 1.70. The fraction of sp³-hybridized carbons (Fsp3) is 0.143. The molecule has 0 amide bonds. The van der Waals surface area contributed by atoms with E-state index in [1.807, 2.05) is 25.1 Å². The van der Waals surface area contributed by atoms with Gasteiger partial charge in [0.05, 0.1) is 4.83 Å². The summed E-state index contributed by atoms with van der Waals surface area (Å²) in [7, 11) is 0. The maximum absolute atomic E-state index is 12.9. The molecular weight excluding hydrogens is 303 g/mol. The molecule has 0 fully saturated rings. The Balaban J connectivity index is 2.39. The van der Waals surface area contributed by atoms with Crippen LogP contribution in [-0.2, 0) is 0 Å². The van der Waals surface area contributed by atoms with Crippen molar-refractivity contribution >= 4 is 27.5 Å². The number of benzene rings is 2. The van der Waals surface area contributed by atoms with E-state index in [9.17, 15) is 4.39 Å². The van der Waals surface area contributed by atoms with Crippen molar-refractivity contribution in [1.82, 2.24) is 0 Å². The van der Waals surface area contributed by atoms with Crippen LogP contribution in [0.4, 0.5) is 4.39 Å². The standard InChI is InChI=1S/C14H11BrClF/c1-9-2-5-11(16)8-13(9)14(15)10-3-6-12(17)7-4-10/h2-8,14H,1H3. The van der Waals surface area contributed by atoms with Gasteiger partial charge in [-0.05, 0) is 47.9 Å². The van der Waals surface area contributed by atoms with Crippen molar-refractivity contribution in [1.29, 1.82) is 0 Å². The molecule has 2 aromatic carbocycles. The molecule has 0 bridgehead atoms. The highest BCUT2D eigenvalue weighted by Gasteiger charge is 2.13. The molecule has 1 atom stereocenters. The maximum atomic E-state index is 12.9. The van der Waals surface area contributed by atoms with Crippen LogP contribution < -0.4 is 0 Å². The Hall–Kier alpha value is -0.860. The molecule has 3 heteroatoms. The Morgan fingerprint density at radius 1 is 1.12 bits per heavy atom. The minimum atomic E-state index is -0.226. The zero-order valence-corrected chi connectivity index (χ0v) is 11.6. The van der Waals surface area contributed by atoms with Crippen LogP contribution in [0.15, 0.2) is 42.5 Å². The molecule has 88 valence electrons. The maximum Gasteiger partial charge on any atom is 0.123 e. The van der Waals surface area contributed by atoms with Crippen molar-refractivity contribution in [3.05, 3.63) is 70.0 Å². The fourth-order valence-corrected chi connectivity index (χ4v) is 2.67. The van der Waals surface area contributed by atoms with Crippen LogP contribution in [0.3, 0.4) is 0 Å². The number of alkyl halides is 1. The molecule has 0 spiro atoms. The molecular formula is C14H11BrClF. The molecule has 0 aliphatic rings. The molecule has 0 heterocycles. The first-order valence-electron chi connectivity index (χ1n) is 5.23. The summed E-state index contributed by atoms with van der Waals surface area (Å²) in [6.07, 6.45) is 0. The van der Waals surface area contributed by atoms with Crippen molar-refractivity contribution in [2.75, 3.05) is 0 Å². The summed E-state index contributed by atoms with van der Waals surface area (Å²) in [6.45, 7) is 2.03. The van der Waals surface area contributed by atoms with Crippen molar-refractivity contribution in [2.24, 2.45) is 0 Å². The highest BCUT2D eigenvalue weighted by molar-refractivity contribution is 9.09. The van der Waals surface area contributed by atoms with Crippen LogP contribution in [0.1, 0.15) is 21.5 Å². The van der Waals surface area contributed by atoms with Gasteiger partial charge >= 0.3 is 0 Å². The van der Waals surface area contributed by atoms with Gasteiger partial charge in [-0.1, -0.05) is 45.7 Å². The first-order chi connectivity index (χ1) is 8.08. The Morgan fingerprint density at radius 2 is 1.76 bits per heavy atom. The molecule has 17 heavy (non-hydrogen) atoms. The van der Waals surface area contributed by atoms with E-state index < -0.39 is 0 Å². The smallest absolute Gasteiger partial charge is 0.123 e. The van der Waals surface area contributed by atoms with Crippen LogP contribution in [0.2, 0.25) is 5.02 Å². The molecule has 2 rings (SSSR count). The molecule has 0 saturated heterocycles. The van der Waals surface area contributed by atoms with Gasteiger partial charge in [0.1, 0.15) is 5.82 Å². The number of aryl methyl sites for hydroxylation is 1. The van der Waals surface area contributed by atoms with Gasteiger partial charge in [-0.3, -0.25) is 0 Å². The predicted octanol–water partition coefficient (Wildman–Crippen LogP) is 5.27. The molecule has 1 unspecified atom stereocenters. The summed E-state index contributed by atoms with van der Waals surface area (Å²) >= 11 is 9.62. The number of halogens is 3. The van der Waals surface area contributed by atoms with Gasteiger partial charge < -0.3 is 0 Å². The topological polar surface area (TPSA) is 0 Å². The number of hydrogen-bond donors (Lipinski definition) is 0. The van der Waals surface area contributed by atoms with Crippen LogP contribution in [0, 0.1) is 12.7 Å². The second-order valence-corrected chi connectivity index (χ2v) is 5.27. The SMILES string of the molecule is Cc1ccc(Cl)cc1C(Br)c1ccc(F)cc1. The van der Waals surface area contributed by atoms with E-state index in [1.165, 1.54) is 12.1 Å². The van der Waals surface area contributed by atoms with Crippen molar-refractivity contribution in [2.45, 2.75) is 11.8 Å². The normalized spacial score (nSPS) is 12.5. The van der Waals surface area contributed by atoms with Crippen molar-refractivity contribution < 1.29 is 4.39 Å². The second-order valence-electron chi connectivity index (χ2n) is 3.92. The average molecular weight is 314 g/mol.